The number of nitrogens with zero attached hydrogens (tertiary/aromatic N) is 2. The second-order valence-electron chi connectivity index (χ2n) is 10.2. The number of aromatic nitrogens is 2. The van der Waals surface area contributed by atoms with Crippen LogP contribution in [0.4, 0.5) is 0 Å². The minimum Gasteiger partial charge on any atom is -0.236 e. The van der Waals surface area contributed by atoms with E-state index in [1.165, 1.54) is 49.4 Å². The van der Waals surface area contributed by atoms with E-state index in [4.69, 9.17) is 9.97 Å². The summed E-state index contributed by atoms with van der Waals surface area (Å²) in [5.41, 5.74) is 8.38. The van der Waals surface area contributed by atoms with Gasteiger partial charge in [-0.2, -0.15) is 0 Å². The Morgan fingerprint density at radius 3 is 2.24 bits per heavy atom. The van der Waals surface area contributed by atoms with Crippen LogP contribution in [0.2, 0.25) is 0 Å². The van der Waals surface area contributed by atoms with E-state index in [1.807, 2.05) is 0 Å². The van der Waals surface area contributed by atoms with E-state index in [0.717, 1.165) is 17.8 Å². The van der Waals surface area contributed by atoms with Gasteiger partial charge < -0.3 is 0 Å². The maximum Gasteiger partial charge on any atom is 0.116 e. The van der Waals surface area contributed by atoms with Gasteiger partial charge in [-0.15, -0.1) is 0 Å². The summed E-state index contributed by atoms with van der Waals surface area (Å²) in [6, 6.07) is 26.6. The zero-order valence-corrected chi connectivity index (χ0v) is 19.7. The van der Waals surface area contributed by atoms with Gasteiger partial charge in [-0.05, 0) is 57.1 Å². The third-order valence-electron chi connectivity index (χ3n) is 7.16. The topological polar surface area (TPSA) is 25.8 Å². The first-order valence-electron chi connectivity index (χ1n) is 11.9. The second-order valence-corrected chi connectivity index (χ2v) is 10.2. The number of benzene rings is 4. The third-order valence-corrected chi connectivity index (χ3v) is 7.16. The van der Waals surface area contributed by atoms with Gasteiger partial charge in [0, 0.05) is 22.1 Å². The van der Waals surface area contributed by atoms with E-state index in [2.05, 4.69) is 100 Å². The molecular formula is C31H28N2. The average molecular weight is 429 g/mol. The lowest BCUT2D eigenvalue weighted by atomic mass is 9.80. The Morgan fingerprint density at radius 2 is 1.45 bits per heavy atom. The van der Waals surface area contributed by atoms with Gasteiger partial charge in [0.15, 0.2) is 0 Å². The molecule has 0 aliphatic heterocycles. The van der Waals surface area contributed by atoms with Crippen molar-refractivity contribution in [2.75, 3.05) is 0 Å². The van der Waals surface area contributed by atoms with E-state index in [1.54, 1.807) is 6.33 Å². The second kappa shape index (κ2) is 7.25. The molecule has 6 rings (SSSR count). The molecule has 1 aromatic heterocycles. The van der Waals surface area contributed by atoms with Crippen molar-refractivity contribution in [3.05, 3.63) is 95.8 Å². The zero-order chi connectivity index (χ0) is 22.7. The van der Waals surface area contributed by atoms with Crippen LogP contribution in [0.3, 0.4) is 0 Å². The first-order chi connectivity index (χ1) is 15.9. The maximum atomic E-state index is 4.90. The van der Waals surface area contributed by atoms with Crippen molar-refractivity contribution < 1.29 is 0 Å². The van der Waals surface area contributed by atoms with Crippen LogP contribution in [0, 0.1) is 5.92 Å². The molecule has 0 saturated heterocycles. The standard InChI is InChI=1S/C31H28N2/c1-19(2)15-22-17-23(16-21-10-6-7-11-24(21)22)29-28-30(33-18-32-29)27-25-12-8-5-9-20(25)13-14-26(27)31(28,3)4/h5-14,16-19H,15H2,1-4H3. The molecule has 1 aliphatic rings. The molecule has 4 aromatic carbocycles. The predicted molar refractivity (Wildman–Crippen MR) is 139 cm³/mol. The largest absolute Gasteiger partial charge is 0.236 e. The van der Waals surface area contributed by atoms with Crippen LogP contribution in [0.1, 0.15) is 44.4 Å². The molecule has 0 radical (unpaired) electrons. The molecule has 1 aliphatic carbocycles. The molecule has 0 unspecified atom stereocenters. The summed E-state index contributed by atoms with van der Waals surface area (Å²) < 4.78 is 0. The highest BCUT2D eigenvalue weighted by molar-refractivity contribution is 6.03. The molecule has 2 nitrogen and oxygen atoms in total. The van der Waals surface area contributed by atoms with E-state index < -0.39 is 0 Å². The van der Waals surface area contributed by atoms with Gasteiger partial charge in [-0.25, -0.2) is 9.97 Å². The molecule has 0 fully saturated rings. The number of hydrogen-bond donors (Lipinski definition) is 0. The van der Waals surface area contributed by atoms with Crippen molar-refractivity contribution in [1.29, 1.82) is 0 Å². The van der Waals surface area contributed by atoms with Crippen LogP contribution in [-0.4, -0.2) is 9.97 Å². The molecule has 0 amide bonds. The van der Waals surface area contributed by atoms with Gasteiger partial charge in [0.05, 0.1) is 11.4 Å². The van der Waals surface area contributed by atoms with Gasteiger partial charge in [0.25, 0.3) is 0 Å². The highest BCUT2D eigenvalue weighted by atomic mass is 14.9. The Kier molecular flexibility index (Phi) is 4.42. The van der Waals surface area contributed by atoms with Crippen molar-refractivity contribution in [2.24, 2.45) is 5.92 Å². The summed E-state index contributed by atoms with van der Waals surface area (Å²) >= 11 is 0. The molecule has 0 N–H and O–H groups in total. The fraction of sp³-hybridized carbons (Fsp3) is 0.226. The lowest BCUT2D eigenvalue weighted by Gasteiger charge is -2.24. The normalized spacial score (nSPS) is 14.1. The van der Waals surface area contributed by atoms with Crippen molar-refractivity contribution >= 4 is 21.5 Å². The number of rotatable bonds is 3. The monoisotopic (exact) mass is 428 g/mol. The molecule has 0 bridgehead atoms. The molecule has 2 heteroatoms. The van der Waals surface area contributed by atoms with Gasteiger partial charge in [0.2, 0.25) is 0 Å². The quantitative estimate of drug-likeness (QED) is 0.291. The lowest BCUT2D eigenvalue weighted by molar-refractivity contribution is 0.649. The number of fused-ring (bicyclic) bond motifs is 6. The third kappa shape index (κ3) is 3.01. The van der Waals surface area contributed by atoms with Crippen molar-refractivity contribution in [1.82, 2.24) is 9.97 Å². The van der Waals surface area contributed by atoms with Crippen LogP contribution >= 0.6 is 0 Å². The van der Waals surface area contributed by atoms with Crippen LogP contribution < -0.4 is 0 Å². The van der Waals surface area contributed by atoms with Gasteiger partial charge in [-0.1, -0.05) is 88.4 Å². The summed E-state index contributed by atoms with van der Waals surface area (Å²) in [6.07, 6.45) is 2.80. The summed E-state index contributed by atoms with van der Waals surface area (Å²) in [5.74, 6) is 0.590. The average Bonchev–Trinajstić information content (AvgIpc) is 3.06. The Balaban J connectivity index is 1.65. The van der Waals surface area contributed by atoms with Crippen LogP contribution in [0.5, 0.6) is 0 Å². The fourth-order valence-corrected chi connectivity index (χ4v) is 5.70. The molecule has 1 heterocycles. The smallest absolute Gasteiger partial charge is 0.116 e. The minimum atomic E-state index is -0.171. The van der Waals surface area contributed by atoms with E-state index in [-0.39, 0.29) is 5.41 Å². The Morgan fingerprint density at radius 1 is 0.758 bits per heavy atom. The summed E-state index contributed by atoms with van der Waals surface area (Å²) in [4.78, 5) is 9.75. The fourth-order valence-electron chi connectivity index (χ4n) is 5.70. The van der Waals surface area contributed by atoms with Crippen molar-refractivity contribution in [3.63, 3.8) is 0 Å². The van der Waals surface area contributed by atoms with E-state index >= 15 is 0 Å². The summed E-state index contributed by atoms with van der Waals surface area (Å²) in [5, 5.41) is 5.14. The van der Waals surface area contributed by atoms with Crippen LogP contribution in [0.25, 0.3) is 44.1 Å². The van der Waals surface area contributed by atoms with Crippen molar-refractivity contribution in [2.45, 2.75) is 39.5 Å². The number of hydrogen-bond acceptors (Lipinski definition) is 2. The van der Waals surface area contributed by atoms with Crippen molar-refractivity contribution in [3.8, 4) is 22.5 Å². The minimum absolute atomic E-state index is 0.171. The predicted octanol–water partition coefficient (Wildman–Crippen LogP) is 7.95. The molecule has 0 saturated carbocycles. The molecule has 162 valence electrons. The van der Waals surface area contributed by atoms with Gasteiger partial charge in [0.1, 0.15) is 6.33 Å². The molecule has 33 heavy (non-hydrogen) atoms. The highest BCUT2D eigenvalue weighted by Crippen LogP contribution is 2.52. The molecular weight excluding hydrogens is 400 g/mol. The maximum absolute atomic E-state index is 4.90. The first-order valence-corrected chi connectivity index (χ1v) is 11.9. The Bertz CT molecular complexity index is 1540. The van der Waals surface area contributed by atoms with Crippen LogP contribution in [0.15, 0.2) is 79.1 Å². The van der Waals surface area contributed by atoms with E-state index in [9.17, 15) is 0 Å². The Labute approximate surface area is 195 Å². The SMILES string of the molecule is CC(C)Cc1cc(-c2ncnc3c2C(C)(C)c2ccc4ccccc4c2-3)cc2ccccc12. The molecule has 0 atom stereocenters. The van der Waals surface area contributed by atoms with Crippen LogP contribution in [-0.2, 0) is 11.8 Å². The summed E-state index contributed by atoms with van der Waals surface area (Å²) in [7, 11) is 0. The zero-order valence-electron chi connectivity index (χ0n) is 19.7. The summed E-state index contributed by atoms with van der Waals surface area (Å²) in [6.45, 7) is 9.20. The highest BCUT2D eigenvalue weighted by Gasteiger charge is 2.40. The Hall–Kier alpha value is -3.52. The molecule has 5 aromatic rings. The lowest BCUT2D eigenvalue weighted by Crippen LogP contribution is -2.17. The molecule has 0 spiro atoms. The first kappa shape index (κ1) is 20.1. The van der Waals surface area contributed by atoms with Gasteiger partial charge in [-0.3, -0.25) is 0 Å². The van der Waals surface area contributed by atoms with E-state index in [0.29, 0.717) is 5.92 Å². The van der Waals surface area contributed by atoms with Gasteiger partial charge >= 0.3 is 0 Å².